The predicted molar refractivity (Wildman–Crippen MR) is 133 cm³/mol. The number of hydrogen-bond acceptors (Lipinski definition) is 4. The second-order valence-electron chi connectivity index (χ2n) is 8.09. The van der Waals surface area contributed by atoms with Crippen LogP contribution in [0.5, 0.6) is 0 Å². The Bertz CT molecular complexity index is 665. The number of aliphatic imine (C=N–C) groups is 1. The van der Waals surface area contributed by atoms with Gasteiger partial charge in [0, 0.05) is 64.8 Å². The van der Waals surface area contributed by atoms with Crippen molar-refractivity contribution in [1.29, 1.82) is 0 Å². The fraction of sp³-hybridized carbons (Fsp3) is 0.682. The minimum atomic E-state index is 0. The van der Waals surface area contributed by atoms with Gasteiger partial charge in [-0.1, -0.05) is 18.9 Å². The van der Waals surface area contributed by atoms with E-state index in [4.69, 9.17) is 0 Å². The molecule has 0 unspecified atom stereocenters. The molecule has 1 aromatic rings. The summed E-state index contributed by atoms with van der Waals surface area (Å²) < 4.78 is 0. The molecule has 168 valence electrons. The van der Waals surface area contributed by atoms with Crippen molar-refractivity contribution in [3.05, 3.63) is 29.6 Å². The lowest BCUT2D eigenvalue weighted by atomic mass is 10.2. The number of rotatable bonds is 5. The quantitative estimate of drug-likeness (QED) is 0.361. The van der Waals surface area contributed by atoms with Gasteiger partial charge in [-0.2, -0.15) is 0 Å². The van der Waals surface area contributed by atoms with Crippen LogP contribution in [0.15, 0.2) is 23.3 Å². The molecule has 0 spiro atoms. The van der Waals surface area contributed by atoms with Crippen molar-refractivity contribution in [3.63, 3.8) is 0 Å². The minimum Gasteiger partial charge on any atom is -0.356 e. The first-order valence-electron chi connectivity index (χ1n) is 11.0. The van der Waals surface area contributed by atoms with Gasteiger partial charge in [0.05, 0.1) is 6.54 Å². The first kappa shape index (κ1) is 24.8. The number of pyridine rings is 1. The highest BCUT2D eigenvalue weighted by atomic mass is 127. The number of carbonyl (C=O) groups is 1. The van der Waals surface area contributed by atoms with Crippen LogP contribution in [-0.2, 0) is 11.2 Å². The standard InChI is InChI=1S/C22H36N6O.HI/c1-19-7-8-20(17-25-19)9-10-24-22(23-2)28-15-13-26(14-16-28)18-21(29)27-11-5-3-4-6-12-27;/h7-8,17H,3-6,9-16,18H2,1-2H3,(H,23,24);1H. The SMILES string of the molecule is CN=C(NCCc1ccc(C)nc1)N1CCN(CC(=O)N2CCCCCC2)CC1.I. The molecule has 3 heterocycles. The van der Waals surface area contributed by atoms with Crippen molar-refractivity contribution in [2.45, 2.75) is 39.0 Å². The summed E-state index contributed by atoms with van der Waals surface area (Å²) in [5, 5.41) is 3.47. The Labute approximate surface area is 198 Å². The van der Waals surface area contributed by atoms with E-state index >= 15 is 0 Å². The number of halogens is 1. The molecule has 1 N–H and O–H groups in total. The number of nitrogens with zero attached hydrogens (tertiary/aromatic N) is 5. The summed E-state index contributed by atoms with van der Waals surface area (Å²) >= 11 is 0. The van der Waals surface area contributed by atoms with Crippen LogP contribution in [0.2, 0.25) is 0 Å². The first-order chi connectivity index (χ1) is 14.2. The van der Waals surface area contributed by atoms with Gasteiger partial charge in [0.2, 0.25) is 5.91 Å². The predicted octanol–water partition coefficient (Wildman–Crippen LogP) is 2.15. The van der Waals surface area contributed by atoms with Crippen LogP contribution in [0.1, 0.15) is 36.9 Å². The molecule has 30 heavy (non-hydrogen) atoms. The number of piperazine rings is 1. The number of aromatic nitrogens is 1. The average molecular weight is 528 g/mol. The number of amides is 1. The monoisotopic (exact) mass is 528 g/mol. The zero-order chi connectivity index (χ0) is 20.5. The van der Waals surface area contributed by atoms with Crippen molar-refractivity contribution < 1.29 is 4.79 Å². The minimum absolute atomic E-state index is 0. The molecule has 2 aliphatic heterocycles. The third kappa shape index (κ3) is 7.68. The molecular weight excluding hydrogens is 491 g/mol. The first-order valence-corrected chi connectivity index (χ1v) is 11.0. The topological polar surface area (TPSA) is 64.1 Å². The van der Waals surface area contributed by atoms with E-state index < -0.39 is 0 Å². The summed E-state index contributed by atoms with van der Waals surface area (Å²) in [4.78, 5) is 28.1. The van der Waals surface area contributed by atoms with Crippen molar-refractivity contribution in [2.75, 3.05) is 59.4 Å². The lowest BCUT2D eigenvalue weighted by Gasteiger charge is -2.37. The molecule has 1 aromatic heterocycles. The molecule has 0 saturated carbocycles. The molecule has 3 rings (SSSR count). The van der Waals surface area contributed by atoms with E-state index in [0.29, 0.717) is 12.5 Å². The molecule has 8 heteroatoms. The Balaban J connectivity index is 0.00000320. The van der Waals surface area contributed by atoms with E-state index in [0.717, 1.165) is 76.7 Å². The van der Waals surface area contributed by atoms with Crippen LogP contribution in [0.3, 0.4) is 0 Å². The van der Waals surface area contributed by atoms with Gasteiger partial charge in [0.1, 0.15) is 0 Å². The molecular formula is C22H37IN6O. The Morgan fingerprint density at radius 1 is 1.03 bits per heavy atom. The average Bonchev–Trinajstić information content (AvgIpc) is 3.03. The van der Waals surface area contributed by atoms with Crippen LogP contribution in [0.25, 0.3) is 0 Å². The van der Waals surface area contributed by atoms with Crippen molar-refractivity contribution in [3.8, 4) is 0 Å². The van der Waals surface area contributed by atoms with Gasteiger partial charge in [-0.15, -0.1) is 24.0 Å². The number of likely N-dealkylation sites (tertiary alicyclic amines) is 1. The lowest BCUT2D eigenvalue weighted by molar-refractivity contribution is -0.132. The number of guanidine groups is 1. The van der Waals surface area contributed by atoms with Crippen LogP contribution < -0.4 is 5.32 Å². The molecule has 7 nitrogen and oxygen atoms in total. The van der Waals surface area contributed by atoms with Gasteiger partial charge < -0.3 is 15.1 Å². The lowest BCUT2D eigenvalue weighted by Crippen LogP contribution is -2.54. The maximum Gasteiger partial charge on any atom is 0.236 e. The van der Waals surface area contributed by atoms with Crippen LogP contribution >= 0.6 is 24.0 Å². The van der Waals surface area contributed by atoms with Gasteiger partial charge in [0.25, 0.3) is 0 Å². The Hall–Kier alpha value is -1.42. The fourth-order valence-electron chi connectivity index (χ4n) is 4.03. The van der Waals surface area contributed by atoms with E-state index in [-0.39, 0.29) is 24.0 Å². The molecule has 0 aliphatic carbocycles. The molecule has 2 saturated heterocycles. The zero-order valence-corrected chi connectivity index (χ0v) is 20.8. The molecule has 2 fully saturated rings. The van der Waals surface area contributed by atoms with Crippen molar-refractivity contribution in [1.82, 2.24) is 25.0 Å². The van der Waals surface area contributed by atoms with Gasteiger partial charge >= 0.3 is 0 Å². The third-order valence-electron chi connectivity index (χ3n) is 5.87. The van der Waals surface area contributed by atoms with E-state index in [2.05, 4.69) is 42.1 Å². The van der Waals surface area contributed by atoms with E-state index in [1.807, 2.05) is 20.2 Å². The number of aryl methyl sites for hydroxylation is 1. The molecule has 0 aromatic carbocycles. The highest BCUT2D eigenvalue weighted by Gasteiger charge is 2.23. The third-order valence-corrected chi connectivity index (χ3v) is 5.87. The molecule has 0 radical (unpaired) electrons. The summed E-state index contributed by atoms with van der Waals surface area (Å²) in [6.07, 6.45) is 7.70. The smallest absolute Gasteiger partial charge is 0.236 e. The van der Waals surface area contributed by atoms with Crippen molar-refractivity contribution >= 4 is 35.8 Å². The fourth-order valence-corrected chi connectivity index (χ4v) is 4.03. The highest BCUT2D eigenvalue weighted by Crippen LogP contribution is 2.11. The Morgan fingerprint density at radius 3 is 2.33 bits per heavy atom. The zero-order valence-electron chi connectivity index (χ0n) is 18.5. The van der Waals surface area contributed by atoms with Gasteiger partial charge in [-0.3, -0.25) is 19.7 Å². The van der Waals surface area contributed by atoms with Crippen LogP contribution in [-0.4, -0.2) is 91.0 Å². The maximum absolute atomic E-state index is 12.6. The largest absolute Gasteiger partial charge is 0.356 e. The van der Waals surface area contributed by atoms with E-state index in [1.165, 1.54) is 18.4 Å². The molecule has 2 aliphatic rings. The Morgan fingerprint density at radius 2 is 1.73 bits per heavy atom. The summed E-state index contributed by atoms with van der Waals surface area (Å²) in [5.74, 6) is 1.25. The highest BCUT2D eigenvalue weighted by molar-refractivity contribution is 14.0. The van der Waals surface area contributed by atoms with Crippen LogP contribution in [0, 0.1) is 6.92 Å². The maximum atomic E-state index is 12.6. The second-order valence-corrected chi connectivity index (χ2v) is 8.09. The van der Waals surface area contributed by atoms with Gasteiger partial charge in [0.15, 0.2) is 5.96 Å². The van der Waals surface area contributed by atoms with Crippen molar-refractivity contribution in [2.24, 2.45) is 4.99 Å². The van der Waals surface area contributed by atoms with Crippen LogP contribution in [0.4, 0.5) is 0 Å². The van der Waals surface area contributed by atoms with E-state index in [9.17, 15) is 4.79 Å². The normalized spacial score (nSPS) is 18.5. The summed E-state index contributed by atoms with van der Waals surface area (Å²) in [7, 11) is 1.84. The number of carbonyl (C=O) groups excluding carboxylic acids is 1. The summed E-state index contributed by atoms with van der Waals surface area (Å²) in [5.41, 5.74) is 2.28. The summed E-state index contributed by atoms with van der Waals surface area (Å²) in [6.45, 7) is 8.89. The van der Waals surface area contributed by atoms with Gasteiger partial charge in [-0.25, -0.2) is 0 Å². The molecule has 1 amide bonds. The number of hydrogen-bond donors (Lipinski definition) is 1. The van der Waals surface area contributed by atoms with Gasteiger partial charge in [-0.05, 0) is 37.8 Å². The number of nitrogens with one attached hydrogen (secondary N) is 1. The summed E-state index contributed by atoms with van der Waals surface area (Å²) in [6, 6.07) is 4.18. The Kier molecular flexibility index (Phi) is 10.8. The second kappa shape index (κ2) is 13.1. The molecule has 0 bridgehead atoms. The molecule has 0 atom stereocenters. The van der Waals surface area contributed by atoms with E-state index in [1.54, 1.807) is 0 Å².